The zero-order valence-electron chi connectivity index (χ0n) is 13.6. The Hall–Kier alpha value is -1.82. The van der Waals surface area contributed by atoms with E-state index in [1.807, 2.05) is 18.5 Å². The first-order valence-corrected chi connectivity index (χ1v) is 7.72. The van der Waals surface area contributed by atoms with E-state index in [2.05, 4.69) is 36.3 Å². The van der Waals surface area contributed by atoms with Crippen LogP contribution in [0.2, 0.25) is 5.02 Å². The minimum absolute atomic E-state index is 0.126. The third kappa shape index (κ3) is 3.32. The number of amides is 1. The number of hydrogen-bond acceptors (Lipinski definition) is 3. The number of carbonyl (C=O) groups is 1. The number of carbonyl (C=O) groups excluding carboxylic acids is 1. The molecule has 1 amide bonds. The zero-order valence-corrected chi connectivity index (χ0v) is 14.3. The molecule has 2 aromatic rings. The van der Waals surface area contributed by atoms with E-state index in [1.54, 1.807) is 16.9 Å². The van der Waals surface area contributed by atoms with Gasteiger partial charge in [0.05, 0.1) is 28.6 Å². The van der Waals surface area contributed by atoms with Gasteiger partial charge in [-0.05, 0) is 26.7 Å². The highest BCUT2D eigenvalue weighted by molar-refractivity contribution is 6.31. The monoisotopic (exact) mass is 323 g/mol. The Morgan fingerprint density at radius 3 is 2.59 bits per heavy atom. The topological polar surface area (TPSA) is 64.7 Å². The fraction of sp³-hybridized carbons (Fsp3) is 0.533. The van der Waals surface area contributed by atoms with Crippen LogP contribution in [0.3, 0.4) is 0 Å². The molecule has 0 unspecified atom stereocenters. The maximum absolute atomic E-state index is 12.2. The standard InChI is InChI=1S/C15H22ClN5O/c1-9(2)11(4)21-13(6-7-17-21)18-14(22)8-20-12(5)15(16)10(3)19-20/h6-7,9,11H,8H2,1-5H3,(H,18,22)/t11-/m0/s1. The van der Waals surface area contributed by atoms with Crippen molar-refractivity contribution in [2.75, 3.05) is 5.32 Å². The van der Waals surface area contributed by atoms with Gasteiger partial charge in [-0.15, -0.1) is 0 Å². The molecule has 0 fully saturated rings. The number of hydrogen-bond donors (Lipinski definition) is 1. The van der Waals surface area contributed by atoms with E-state index in [9.17, 15) is 4.79 Å². The molecule has 0 aliphatic rings. The second-order valence-corrected chi connectivity index (χ2v) is 6.21. The summed E-state index contributed by atoms with van der Waals surface area (Å²) >= 11 is 6.10. The van der Waals surface area contributed by atoms with Crippen LogP contribution < -0.4 is 5.32 Å². The highest BCUT2D eigenvalue weighted by Crippen LogP contribution is 2.21. The van der Waals surface area contributed by atoms with Crippen molar-refractivity contribution in [1.82, 2.24) is 19.6 Å². The lowest BCUT2D eigenvalue weighted by molar-refractivity contribution is -0.117. The van der Waals surface area contributed by atoms with Crippen LogP contribution in [0.25, 0.3) is 0 Å². The molecule has 120 valence electrons. The van der Waals surface area contributed by atoms with Crippen LogP contribution >= 0.6 is 11.6 Å². The first-order chi connectivity index (χ1) is 10.3. The molecule has 0 saturated heterocycles. The molecule has 0 spiro atoms. The van der Waals surface area contributed by atoms with Crippen molar-refractivity contribution in [3.8, 4) is 0 Å². The van der Waals surface area contributed by atoms with Gasteiger partial charge in [0, 0.05) is 6.07 Å². The van der Waals surface area contributed by atoms with Crippen molar-refractivity contribution in [3.63, 3.8) is 0 Å². The van der Waals surface area contributed by atoms with E-state index in [0.717, 1.165) is 11.4 Å². The summed E-state index contributed by atoms with van der Waals surface area (Å²) in [4.78, 5) is 12.2. The van der Waals surface area contributed by atoms with Gasteiger partial charge in [0.2, 0.25) is 5.91 Å². The number of aromatic nitrogens is 4. The molecule has 0 bridgehead atoms. The quantitative estimate of drug-likeness (QED) is 0.919. The first-order valence-electron chi connectivity index (χ1n) is 7.34. The molecule has 2 rings (SSSR count). The van der Waals surface area contributed by atoms with Crippen LogP contribution in [0.15, 0.2) is 12.3 Å². The zero-order chi connectivity index (χ0) is 16.4. The molecule has 0 aromatic carbocycles. The second kappa shape index (κ2) is 6.52. The molecular weight excluding hydrogens is 302 g/mol. The number of anilines is 1. The SMILES string of the molecule is Cc1nn(CC(=O)Nc2ccnn2[C@@H](C)C(C)C)c(C)c1Cl. The number of nitrogens with zero attached hydrogens (tertiary/aromatic N) is 4. The van der Waals surface area contributed by atoms with E-state index in [0.29, 0.717) is 16.8 Å². The average Bonchev–Trinajstić information content (AvgIpc) is 2.99. The van der Waals surface area contributed by atoms with Crippen LogP contribution in [0.4, 0.5) is 5.82 Å². The van der Waals surface area contributed by atoms with Gasteiger partial charge in [-0.1, -0.05) is 25.4 Å². The first kappa shape index (κ1) is 16.5. The Balaban J connectivity index is 2.10. The highest BCUT2D eigenvalue weighted by atomic mass is 35.5. The molecule has 2 heterocycles. The van der Waals surface area contributed by atoms with Crippen LogP contribution in [-0.2, 0) is 11.3 Å². The molecule has 22 heavy (non-hydrogen) atoms. The minimum Gasteiger partial charge on any atom is -0.309 e. The summed E-state index contributed by atoms with van der Waals surface area (Å²) < 4.78 is 3.44. The van der Waals surface area contributed by atoms with Crippen molar-refractivity contribution in [2.45, 2.75) is 47.2 Å². The Labute approximate surface area is 135 Å². The second-order valence-electron chi connectivity index (χ2n) is 5.84. The fourth-order valence-electron chi connectivity index (χ4n) is 2.17. The van der Waals surface area contributed by atoms with Gasteiger partial charge >= 0.3 is 0 Å². The Morgan fingerprint density at radius 1 is 1.36 bits per heavy atom. The van der Waals surface area contributed by atoms with Crippen molar-refractivity contribution in [2.24, 2.45) is 5.92 Å². The molecule has 0 aliphatic carbocycles. The van der Waals surface area contributed by atoms with Crippen molar-refractivity contribution < 1.29 is 4.79 Å². The van der Waals surface area contributed by atoms with Crippen LogP contribution in [0.5, 0.6) is 0 Å². The summed E-state index contributed by atoms with van der Waals surface area (Å²) in [6.45, 7) is 10.1. The smallest absolute Gasteiger partial charge is 0.247 e. The summed E-state index contributed by atoms with van der Waals surface area (Å²) in [7, 11) is 0. The summed E-state index contributed by atoms with van der Waals surface area (Å²) in [5.74, 6) is 0.962. The van der Waals surface area contributed by atoms with Crippen LogP contribution in [0.1, 0.15) is 38.2 Å². The molecule has 0 radical (unpaired) electrons. The lowest BCUT2D eigenvalue weighted by Gasteiger charge is -2.19. The van der Waals surface area contributed by atoms with Crippen molar-refractivity contribution in [3.05, 3.63) is 28.7 Å². The van der Waals surface area contributed by atoms with Gasteiger partial charge in [-0.25, -0.2) is 4.68 Å². The normalized spacial score (nSPS) is 12.7. The lowest BCUT2D eigenvalue weighted by atomic mass is 10.1. The summed E-state index contributed by atoms with van der Waals surface area (Å²) in [5, 5.41) is 12.0. The van der Waals surface area contributed by atoms with Gasteiger partial charge in [-0.3, -0.25) is 9.48 Å². The summed E-state index contributed by atoms with van der Waals surface area (Å²) in [6, 6.07) is 2.00. The predicted octanol–water partition coefficient (Wildman–Crippen LogP) is 3.21. The molecule has 2 aromatic heterocycles. The molecule has 0 aliphatic heterocycles. The van der Waals surface area contributed by atoms with E-state index >= 15 is 0 Å². The Bertz CT molecular complexity index is 674. The highest BCUT2D eigenvalue weighted by Gasteiger charge is 2.17. The predicted molar refractivity (Wildman–Crippen MR) is 87.1 cm³/mol. The Morgan fingerprint density at radius 2 is 2.05 bits per heavy atom. The van der Waals surface area contributed by atoms with Crippen molar-refractivity contribution in [1.29, 1.82) is 0 Å². The summed E-state index contributed by atoms with van der Waals surface area (Å²) in [6.07, 6.45) is 1.69. The third-order valence-electron chi connectivity index (χ3n) is 3.87. The van der Waals surface area contributed by atoms with E-state index in [4.69, 9.17) is 11.6 Å². The maximum Gasteiger partial charge on any atom is 0.247 e. The van der Waals surface area contributed by atoms with Gasteiger partial charge in [0.25, 0.3) is 0 Å². The third-order valence-corrected chi connectivity index (χ3v) is 4.42. The minimum atomic E-state index is -0.153. The molecular formula is C15H22ClN5O. The number of rotatable bonds is 5. The van der Waals surface area contributed by atoms with Crippen LogP contribution in [0, 0.1) is 19.8 Å². The van der Waals surface area contributed by atoms with Gasteiger partial charge < -0.3 is 5.32 Å². The van der Waals surface area contributed by atoms with E-state index < -0.39 is 0 Å². The molecule has 1 N–H and O–H groups in total. The number of halogens is 1. The van der Waals surface area contributed by atoms with E-state index in [-0.39, 0.29) is 18.5 Å². The average molecular weight is 324 g/mol. The van der Waals surface area contributed by atoms with E-state index in [1.165, 1.54) is 0 Å². The van der Waals surface area contributed by atoms with Crippen molar-refractivity contribution >= 4 is 23.3 Å². The summed E-state index contributed by atoms with van der Waals surface area (Å²) in [5.41, 5.74) is 1.52. The largest absolute Gasteiger partial charge is 0.309 e. The number of nitrogens with one attached hydrogen (secondary N) is 1. The van der Waals surface area contributed by atoms with Gasteiger partial charge in [0.15, 0.2) is 0 Å². The molecule has 0 saturated carbocycles. The Kier molecular flexibility index (Phi) is 4.90. The molecule has 7 heteroatoms. The maximum atomic E-state index is 12.2. The number of aryl methyl sites for hydroxylation is 1. The fourth-order valence-corrected chi connectivity index (χ4v) is 2.30. The molecule has 6 nitrogen and oxygen atoms in total. The van der Waals surface area contributed by atoms with Crippen LogP contribution in [-0.4, -0.2) is 25.5 Å². The van der Waals surface area contributed by atoms with Gasteiger partial charge in [-0.2, -0.15) is 10.2 Å². The van der Waals surface area contributed by atoms with Gasteiger partial charge in [0.1, 0.15) is 12.4 Å². The lowest BCUT2D eigenvalue weighted by Crippen LogP contribution is -2.23. The molecule has 1 atom stereocenters.